The van der Waals surface area contributed by atoms with Crippen LogP contribution in [0.2, 0.25) is 0 Å². The molecule has 0 radical (unpaired) electrons. The van der Waals surface area contributed by atoms with Crippen molar-refractivity contribution in [2.45, 2.75) is 6.92 Å². The van der Waals surface area contributed by atoms with Gasteiger partial charge in [-0.1, -0.05) is 6.92 Å². The van der Waals surface area contributed by atoms with E-state index in [1.54, 1.807) is 0 Å². The van der Waals surface area contributed by atoms with Gasteiger partial charge in [-0.3, -0.25) is 0 Å². The fourth-order valence-electron chi connectivity index (χ4n) is 0. The highest BCUT2D eigenvalue weighted by molar-refractivity contribution is 4.22. The Kier molecular flexibility index (Phi) is 22700. The first-order chi connectivity index (χ1) is 4.41. The van der Waals surface area contributed by atoms with Gasteiger partial charge in [-0.05, 0) is 6.54 Å². The molecule has 0 atom stereocenters. The van der Waals surface area contributed by atoms with Gasteiger partial charge in [0.15, 0.2) is 0 Å². The van der Waals surface area contributed by atoms with E-state index in [9.17, 15) is 0 Å². The molecule has 0 aromatic rings. The van der Waals surface area contributed by atoms with Crippen molar-refractivity contribution < 1.29 is 0 Å². The molecule has 0 aromatic carbocycles. The Morgan fingerprint density at radius 3 is 0.889 bits per heavy atom. The van der Waals surface area contributed by atoms with Crippen LogP contribution in [-0.2, 0) is 0 Å². The van der Waals surface area contributed by atoms with Crippen LogP contribution in [0.3, 0.4) is 0 Å². The molecule has 1 nitrogen and oxygen atoms in total. The summed E-state index contributed by atoms with van der Waals surface area (Å²) in [5.74, 6) is 0. The maximum atomic E-state index is 4.85. The summed E-state index contributed by atoms with van der Waals surface area (Å²) < 4.78 is 0. The molecule has 0 heterocycles. The predicted octanol–water partition coefficient (Wildman–Crippen LogP) is 2.37. The van der Waals surface area contributed by atoms with Crippen LogP contribution in [0.4, 0.5) is 0 Å². The van der Waals surface area contributed by atoms with Crippen LogP contribution in [0.5, 0.6) is 0 Å². The molecule has 0 aliphatic rings. The zero-order valence-corrected chi connectivity index (χ0v) is 6.53. The molecule has 1 heteroatoms. The van der Waals surface area contributed by atoms with Gasteiger partial charge in [0, 0.05) is 0 Å². The first-order valence-electron chi connectivity index (χ1n) is 2.62. The summed E-state index contributed by atoms with van der Waals surface area (Å²) in [5, 5.41) is 0. The van der Waals surface area contributed by atoms with Crippen molar-refractivity contribution in [1.82, 2.24) is 0 Å². The van der Waals surface area contributed by atoms with Gasteiger partial charge >= 0.3 is 0 Å². The molecule has 0 fully saturated rings. The highest BCUT2D eigenvalue weighted by atomic mass is 14.5. The van der Waals surface area contributed by atoms with Crippen LogP contribution >= 0.6 is 0 Å². The maximum Gasteiger partial charge on any atom is -0.0106 e. The molecule has 0 bridgehead atoms. The molecule has 0 aliphatic heterocycles. The third-order valence-electron chi connectivity index (χ3n) is 0. The van der Waals surface area contributed by atoms with Gasteiger partial charge in [0.1, 0.15) is 0 Å². The van der Waals surface area contributed by atoms with E-state index in [2.05, 4.69) is 39.5 Å². The van der Waals surface area contributed by atoms with Gasteiger partial charge in [-0.2, -0.15) is 0 Å². The quantitative estimate of drug-likeness (QED) is 0.499. The zero-order chi connectivity index (χ0) is 8.71. The largest absolute Gasteiger partial charge is 0.331 e. The van der Waals surface area contributed by atoms with Crippen molar-refractivity contribution in [3.05, 3.63) is 39.5 Å². The molecule has 0 saturated carbocycles. The fraction of sp³-hybridized carbons (Fsp3) is 0.250. The Labute approximate surface area is 59.6 Å². The minimum Gasteiger partial charge on any atom is -0.331 e. The molecule has 56 valence electrons. The SMILES string of the molecule is C=C.C=C.C=C.CCN. The van der Waals surface area contributed by atoms with E-state index >= 15 is 0 Å². The number of nitrogens with two attached hydrogens (primary N) is 1. The minimum atomic E-state index is 0.750. The van der Waals surface area contributed by atoms with E-state index < -0.39 is 0 Å². The van der Waals surface area contributed by atoms with Gasteiger partial charge in [0.2, 0.25) is 0 Å². The first-order valence-corrected chi connectivity index (χ1v) is 2.62. The summed E-state index contributed by atoms with van der Waals surface area (Å²) in [5.41, 5.74) is 4.85. The van der Waals surface area contributed by atoms with Crippen molar-refractivity contribution in [2.75, 3.05) is 6.54 Å². The van der Waals surface area contributed by atoms with Crippen LogP contribution in [0, 0.1) is 0 Å². The summed E-state index contributed by atoms with van der Waals surface area (Å²) in [7, 11) is 0. The maximum absolute atomic E-state index is 4.85. The molecule has 2 N–H and O–H groups in total. The number of rotatable bonds is 0. The first kappa shape index (κ1) is 24.1. The average Bonchev–Trinajstić information content (AvgIpc) is 2.01. The Bertz CT molecular complexity index is 15.8. The van der Waals surface area contributed by atoms with E-state index in [-0.39, 0.29) is 0 Å². The Hall–Kier alpha value is -0.820. The van der Waals surface area contributed by atoms with E-state index in [0.29, 0.717) is 0 Å². The van der Waals surface area contributed by atoms with Crippen LogP contribution < -0.4 is 5.73 Å². The van der Waals surface area contributed by atoms with Crippen LogP contribution in [0.1, 0.15) is 6.92 Å². The van der Waals surface area contributed by atoms with Crippen LogP contribution in [0.15, 0.2) is 39.5 Å². The molecule has 0 spiro atoms. The summed E-state index contributed by atoms with van der Waals surface area (Å²) >= 11 is 0. The summed E-state index contributed by atoms with van der Waals surface area (Å²) in [6.07, 6.45) is 0. The number of hydrogen-bond donors (Lipinski definition) is 1. The normalized spacial score (nSPS) is 3.33. The Morgan fingerprint density at radius 1 is 0.889 bits per heavy atom. The molecule has 0 saturated heterocycles. The summed E-state index contributed by atoms with van der Waals surface area (Å²) in [4.78, 5) is 0. The molecule has 0 unspecified atom stereocenters. The lowest BCUT2D eigenvalue weighted by molar-refractivity contribution is 1.14. The fourth-order valence-corrected chi connectivity index (χ4v) is 0. The second-order valence-electron chi connectivity index (χ2n) is 0.408. The highest BCUT2D eigenvalue weighted by Crippen LogP contribution is 1.20. The van der Waals surface area contributed by atoms with E-state index in [0.717, 1.165) is 6.54 Å². The van der Waals surface area contributed by atoms with Gasteiger partial charge in [-0.25, -0.2) is 0 Å². The van der Waals surface area contributed by atoms with Crippen molar-refractivity contribution in [1.29, 1.82) is 0 Å². The summed E-state index contributed by atoms with van der Waals surface area (Å²) in [6, 6.07) is 0. The Morgan fingerprint density at radius 2 is 0.889 bits per heavy atom. The second kappa shape index (κ2) is 8460. The number of hydrogen-bond acceptors (Lipinski definition) is 1. The molecule has 0 amide bonds. The summed E-state index contributed by atoms with van der Waals surface area (Å²) in [6.45, 7) is 20.7. The smallest absolute Gasteiger partial charge is 0.0106 e. The lowest BCUT2D eigenvalue weighted by Gasteiger charge is -1.53. The van der Waals surface area contributed by atoms with E-state index in [4.69, 9.17) is 5.73 Å². The molecule has 9 heavy (non-hydrogen) atoms. The third kappa shape index (κ3) is 287. The standard InChI is InChI=1S/C2H7N.3C2H4/c1-2-3;3*1-2/h2-3H2,1H3;3*1-2H2. The molecule has 0 aromatic heterocycles. The monoisotopic (exact) mass is 129 g/mol. The predicted molar refractivity (Wildman–Crippen MR) is 48.5 cm³/mol. The van der Waals surface area contributed by atoms with Gasteiger partial charge < -0.3 is 5.73 Å². The average molecular weight is 129 g/mol. The van der Waals surface area contributed by atoms with Gasteiger partial charge in [-0.15, -0.1) is 39.5 Å². The third-order valence-corrected chi connectivity index (χ3v) is 0. The minimum absolute atomic E-state index is 0.750. The zero-order valence-electron chi connectivity index (χ0n) is 6.53. The van der Waals surface area contributed by atoms with Crippen LogP contribution in [-0.4, -0.2) is 6.54 Å². The lowest BCUT2D eigenvalue weighted by atomic mass is 10.8. The molecule has 0 aliphatic carbocycles. The lowest BCUT2D eigenvalue weighted by Crippen LogP contribution is -1.87. The van der Waals surface area contributed by atoms with Crippen molar-refractivity contribution >= 4 is 0 Å². The van der Waals surface area contributed by atoms with Crippen molar-refractivity contribution in [3.63, 3.8) is 0 Å². The van der Waals surface area contributed by atoms with Gasteiger partial charge in [0.05, 0.1) is 0 Å². The topological polar surface area (TPSA) is 26.0 Å². The Balaban J connectivity index is -0.0000000190. The second-order valence-corrected chi connectivity index (χ2v) is 0.408. The highest BCUT2D eigenvalue weighted by Gasteiger charge is 1.32. The van der Waals surface area contributed by atoms with E-state index in [1.165, 1.54) is 0 Å². The van der Waals surface area contributed by atoms with E-state index in [1.807, 2.05) is 6.92 Å². The molecule has 0 rings (SSSR count). The van der Waals surface area contributed by atoms with Crippen LogP contribution in [0.25, 0.3) is 0 Å². The van der Waals surface area contributed by atoms with Gasteiger partial charge in [0.25, 0.3) is 0 Å². The van der Waals surface area contributed by atoms with Crippen molar-refractivity contribution in [2.24, 2.45) is 5.73 Å². The molecular weight excluding hydrogens is 110 g/mol. The van der Waals surface area contributed by atoms with Crippen molar-refractivity contribution in [3.8, 4) is 0 Å². The molecular formula is C8H19N.